The highest BCUT2D eigenvalue weighted by Gasteiger charge is 2.05. The molecule has 0 radical (unpaired) electrons. The van der Waals surface area contributed by atoms with Crippen LogP contribution in [0.1, 0.15) is 15.6 Å². The molecule has 0 spiro atoms. The molecule has 122 valence electrons. The van der Waals surface area contributed by atoms with E-state index in [9.17, 15) is 0 Å². The summed E-state index contributed by atoms with van der Waals surface area (Å²) in [6.45, 7) is 0. The van der Waals surface area contributed by atoms with Gasteiger partial charge in [-0.25, -0.2) is 9.97 Å². The molecule has 25 heavy (non-hydrogen) atoms. The third-order valence-corrected chi connectivity index (χ3v) is 5.77. The van der Waals surface area contributed by atoms with E-state index in [-0.39, 0.29) is 0 Å². The Bertz CT molecular complexity index is 1150. The van der Waals surface area contributed by atoms with Gasteiger partial charge in [0.25, 0.3) is 0 Å². The molecule has 0 bridgehead atoms. The molecule has 6 heteroatoms. The predicted molar refractivity (Wildman–Crippen MR) is 107 cm³/mol. The number of nitrogens with zero attached hydrogens (tertiary/aromatic N) is 4. The van der Waals surface area contributed by atoms with Gasteiger partial charge in [-0.2, -0.15) is 5.26 Å². The van der Waals surface area contributed by atoms with Crippen LogP contribution in [-0.4, -0.2) is 24.1 Å². The zero-order chi connectivity index (χ0) is 17.4. The lowest BCUT2D eigenvalue weighted by Gasteiger charge is -2.11. The van der Waals surface area contributed by atoms with Crippen molar-refractivity contribution in [3.8, 4) is 6.07 Å². The molecular weight excluding hydrogens is 348 g/mol. The van der Waals surface area contributed by atoms with Crippen LogP contribution in [0.5, 0.6) is 0 Å². The number of nitriles is 1. The van der Waals surface area contributed by atoms with Crippen molar-refractivity contribution in [2.45, 2.75) is 0 Å². The third kappa shape index (κ3) is 3.12. The minimum atomic E-state index is 0.662. The second-order valence-corrected chi connectivity index (χ2v) is 7.90. The van der Waals surface area contributed by atoms with Gasteiger partial charge in [0.2, 0.25) is 0 Å². The van der Waals surface area contributed by atoms with Crippen LogP contribution in [-0.2, 0) is 0 Å². The molecule has 0 aliphatic carbocycles. The van der Waals surface area contributed by atoms with Crippen LogP contribution in [0, 0.1) is 11.3 Å². The van der Waals surface area contributed by atoms with Crippen LogP contribution >= 0.6 is 22.7 Å². The number of thiazole rings is 2. The highest BCUT2D eigenvalue weighted by molar-refractivity contribution is 7.20. The molecule has 0 aliphatic rings. The quantitative estimate of drug-likeness (QED) is 0.514. The maximum absolute atomic E-state index is 8.99. The average Bonchev–Trinajstić information content (AvgIpc) is 3.21. The summed E-state index contributed by atoms with van der Waals surface area (Å²) < 4.78 is 2.20. The molecule has 0 saturated carbocycles. The Morgan fingerprint density at radius 1 is 0.920 bits per heavy atom. The van der Waals surface area contributed by atoms with Gasteiger partial charge < -0.3 is 4.90 Å². The number of fused-ring (bicyclic) bond motifs is 2. The highest BCUT2D eigenvalue weighted by atomic mass is 32.1. The lowest BCUT2D eigenvalue weighted by atomic mass is 10.2. The van der Waals surface area contributed by atoms with Crippen LogP contribution in [0.25, 0.3) is 32.6 Å². The van der Waals surface area contributed by atoms with Crippen molar-refractivity contribution in [2.75, 3.05) is 19.0 Å². The van der Waals surface area contributed by atoms with Crippen molar-refractivity contribution in [1.29, 1.82) is 5.26 Å². The Balaban J connectivity index is 1.65. The lowest BCUT2D eigenvalue weighted by Crippen LogP contribution is -2.07. The zero-order valence-corrected chi connectivity index (χ0v) is 15.4. The Labute approximate surface area is 153 Å². The van der Waals surface area contributed by atoms with Crippen LogP contribution in [0.15, 0.2) is 36.4 Å². The molecule has 0 N–H and O–H groups in total. The largest absolute Gasteiger partial charge is 0.378 e. The van der Waals surface area contributed by atoms with Crippen LogP contribution in [0.2, 0.25) is 0 Å². The number of aromatic nitrogens is 2. The molecule has 0 amide bonds. The van der Waals surface area contributed by atoms with Gasteiger partial charge in [0, 0.05) is 19.8 Å². The summed E-state index contributed by atoms with van der Waals surface area (Å²) in [4.78, 5) is 11.3. The van der Waals surface area contributed by atoms with E-state index in [4.69, 9.17) is 5.26 Å². The summed E-state index contributed by atoms with van der Waals surface area (Å²) in [7, 11) is 4.07. The number of anilines is 1. The van der Waals surface area contributed by atoms with Crippen molar-refractivity contribution < 1.29 is 0 Å². The monoisotopic (exact) mass is 362 g/mol. The summed E-state index contributed by atoms with van der Waals surface area (Å²) in [5, 5.41) is 10.9. The van der Waals surface area contributed by atoms with Gasteiger partial charge in [-0.05, 0) is 48.6 Å². The normalized spacial score (nSPS) is 11.4. The van der Waals surface area contributed by atoms with Crippen LogP contribution < -0.4 is 4.90 Å². The topological polar surface area (TPSA) is 52.8 Å². The zero-order valence-electron chi connectivity index (χ0n) is 13.7. The standard InChI is InChI=1S/C19H14N4S2/c1-23(2)13-4-6-15-17(10-13)25-19(22-15)8-7-18-21-14-5-3-12(11-20)9-16(14)24-18/h3-10H,1-2H3/b8-7+. The Morgan fingerprint density at radius 3 is 2.12 bits per heavy atom. The summed E-state index contributed by atoms with van der Waals surface area (Å²) in [5.74, 6) is 0. The second kappa shape index (κ2) is 6.28. The second-order valence-electron chi connectivity index (χ2n) is 5.78. The lowest BCUT2D eigenvalue weighted by molar-refractivity contribution is 1.14. The van der Waals surface area contributed by atoms with Crippen molar-refractivity contribution >= 4 is 60.9 Å². The van der Waals surface area contributed by atoms with E-state index in [0.29, 0.717) is 5.56 Å². The fourth-order valence-corrected chi connectivity index (χ4v) is 4.32. The van der Waals surface area contributed by atoms with E-state index in [1.54, 1.807) is 28.7 Å². The molecule has 0 saturated heterocycles. The molecular formula is C19H14N4S2. The predicted octanol–water partition coefficient (Wildman–Crippen LogP) is 5.01. The molecule has 0 unspecified atom stereocenters. The van der Waals surface area contributed by atoms with Crippen molar-refractivity contribution in [3.05, 3.63) is 52.0 Å². The first-order chi connectivity index (χ1) is 12.1. The van der Waals surface area contributed by atoms with Crippen LogP contribution in [0.4, 0.5) is 5.69 Å². The summed E-state index contributed by atoms with van der Waals surface area (Å²) in [6, 6.07) is 14.0. The van der Waals surface area contributed by atoms with E-state index >= 15 is 0 Å². The molecule has 0 aliphatic heterocycles. The summed E-state index contributed by atoms with van der Waals surface area (Å²) in [6.07, 6.45) is 3.99. The molecule has 2 heterocycles. The van der Waals surface area contributed by atoms with Gasteiger partial charge in [0.15, 0.2) is 0 Å². The molecule has 2 aromatic carbocycles. The van der Waals surface area contributed by atoms with E-state index < -0.39 is 0 Å². The molecule has 2 aromatic heterocycles. The molecule has 4 rings (SSSR count). The fourth-order valence-electron chi connectivity index (χ4n) is 2.51. The summed E-state index contributed by atoms with van der Waals surface area (Å²) in [5.41, 5.74) is 3.77. The number of benzene rings is 2. The first-order valence-corrected chi connectivity index (χ1v) is 9.32. The van der Waals surface area contributed by atoms with Gasteiger partial charge in [-0.3, -0.25) is 0 Å². The molecule has 4 nitrogen and oxygen atoms in total. The van der Waals surface area contributed by atoms with E-state index in [2.05, 4.69) is 39.1 Å². The highest BCUT2D eigenvalue weighted by Crippen LogP contribution is 2.28. The Kier molecular flexibility index (Phi) is 3.96. The van der Waals surface area contributed by atoms with E-state index in [0.717, 1.165) is 25.7 Å². The van der Waals surface area contributed by atoms with E-state index in [1.165, 1.54) is 10.4 Å². The maximum Gasteiger partial charge on any atom is 0.117 e. The number of rotatable bonds is 3. The minimum Gasteiger partial charge on any atom is -0.378 e. The number of hydrogen-bond donors (Lipinski definition) is 0. The fraction of sp³-hybridized carbons (Fsp3) is 0.105. The average molecular weight is 362 g/mol. The molecule has 4 aromatic rings. The minimum absolute atomic E-state index is 0.662. The molecule has 0 fully saturated rings. The first kappa shape index (κ1) is 15.8. The van der Waals surface area contributed by atoms with Crippen molar-refractivity contribution in [1.82, 2.24) is 9.97 Å². The van der Waals surface area contributed by atoms with Gasteiger partial charge in [-0.1, -0.05) is 0 Å². The Hall–Kier alpha value is -2.75. The molecule has 0 atom stereocenters. The third-order valence-electron chi connectivity index (χ3n) is 3.81. The summed E-state index contributed by atoms with van der Waals surface area (Å²) >= 11 is 3.25. The Morgan fingerprint density at radius 2 is 1.52 bits per heavy atom. The van der Waals surface area contributed by atoms with Crippen LogP contribution in [0.3, 0.4) is 0 Å². The smallest absolute Gasteiger partial charge is 0.117 e. The van der Waals surface area contributed by atoms with Crippen molar-refractivity contribution in [3.63, 3.8) is 0 Å². The van der Waals surface area contributed by atoms with E-state index in [1.807, 2.05) is 38.4 Å². The van der Waals surface area contributed by atoms with Crippen molar-refractivity contribution in [2.24, 2.45) is 0 Å². The van der Waals surface area contributed by atoms with Gasteiger partial charge >= 0.3 is 0 Å². The van der Waals surface area contributed by atoms with Gasteiger partial charge in [0.1, 0.15) is 10.0 Å². The number of hydrogen-bond acceptors (Lipinski definition) is 6. The SMILES string of the molecule is CN(C)c1ccc2nc(/C=C/c3nc4ccc(C#N)cc4s3)sc2c1. The van der Waals surface area contributed by atoms with Gasteiger partial charge in [-0.15, -0.1) is 22.7 Å². The maximum atomic E-state index is 8.99. The van der Waals surface area contributed by atoms with Gasteiger partial charge in [0.05, 0.1) is 32.1 Å². The first-order valence-electron chi connectivity index (χ1n) is 7.69.